The van der Waals surface area contributed by atoms with Crippen LogP contribution in [0.3, 0.4) is 0 Å². The highest BCUT2D eigenvalue weighted by atomic mass is 16.6. The molecule has 0 amide bonds. The van der Waals surface area contributed by atoms with Crippen LogP contribution >= 0.6 is 0 Å². The topological polar surface area (TPSA) is 57.9 Å². The second kappa shape index (κ2) is 9.80. The minimum Gasteiger partial charge on any atom is -0.490 e. The highest BCUT2D eigenvalue weighted by Gasteiger charge is 2.11. The van der Waals surface area contributed by atoms with Crippen LogP contribution in [0, 0.1) is 13.8 Å². The number of aryl methyl sites for hydroxylation is 3. The molecule has 6 nitrogen and oxygen atoms in total. The minimum atomic E-state index is 0.569. The van der Waals surface area contributed by atoms with E-state index in [1.54, 1.807) is 4.68 Å². The van der Waals surface area contributed by atoms with Crippen LogP contribution in [0.1, 0.15) is 36.2 Å². The van der Waals surface area contributed by atoms with Gasteiger partial charge in [0, 0.05) is 19.5 Å². The summed E-state index contributed by atoms with van der Waals surface area (Å²) in [5.74, 6) is 1.61. The molecule has 0 unspecified atom stereocenters. The highest BCUT2D eigenvalue weighted by molar-refractivity contribution is 5.96. The number of hydrogen-bond donors (Lipinski definition) is 0. The van der Waals surface area contributed by atoms with E-state index in [4.69, 9.17) is 14.3 Å². The average Bonchev–Trinajstić information content (AvgIpc) is 2.99. The summed E-state index contributed by atoms with van der Waals surface area (Å²) in [6, 6.07) is 6.03. The zero-order valence-electron chi connectivity index (χ0n) is 17.1. The van der Waals surface area contributed by atoms with Gasteiger partial charge in [-0.1, -0.05) is 17.3 Å². The second-order valence-corrected chi connectivity index (χ2v) is 6.36. The maximum Gasteiger partial charge on any atom is 0.212 e. The number of oxime groups is 1. The fourth-order valence-corrected chi connectivity index (χ4v) is 2.88. The molecule has 0 aliphatic rings. The van der Waals surface area contributed by atoms with Gasteiger partial charge in [0.1, 0.15) is 30.9 Å². The van der Waals surface area contributed by atoms with Crippen molar-refractivity contribution in [3.63, 3.8) is 0 Å². The zero-order chi connectivity index (χ0) is 19.8. The summed E-state index contributed by atoms with van der Waals surface area (Å²) in [6.45, 7) is 9.21. The van der Waals surface area contributed by atoms with E-state index in [-0.39, 0.29) is 0 Å². The Hall–Kier alpha value is -2.76. The molecule has 0 spiro atoms. The van der Waals surface area contributed by atoms with E-state index in [0.29, 0.717) is 24.8 Å². The lowest BCUT2D eigenvalue weighted by Crippen LogP contribution is -2.07. The van der Waals surface area contributed by atoms with Crippen molar-refractivity contribution in [1.82, 2.24) is 9.78 Å². The molecule has 0 radical (unpaired) electrons. The summed E-state index contributed by atoms with van der Waals surface area (Å²) in [5, 5.41) is 8.30. The van der Waals surface area contributed by atoms with Crippen LogP contribution in [0.5, 0.6) is 11.6 Å². The second-order valence-electron chi connectivity index (χ2n) is 6.36. The zero-order valence-corrected chi connectivity index (χ0v) is 17.1. The van der Waals surface area contributed by atoms with E-state index >= 15 is 0 Å². The lowest BCUT2D eigenvalue weighted by atomic mass is 10.00. The van der Waals surface area contributed by atoms with Crippen molar-refractivity contribution in [1.29, 1.82) is 0 Å². The van der Waals surface area contributed by atoms with Crippen LogP contribution in [-0.2, 0) is 18.3 Å². The Kier molecular flexibility index (Phi) is 7.46. The Morgan fingerprint density at radius 2 is 1.89 bits per heavy atom. The fourth-order valence-electron chi connectivity index (χ4n) is 2.88. The Morgan fingerprint density at radius 1 is 1.19 bits per heavy atom. The van der Waals surface area contributed by atoms with E-state index in [2.05, 4.69) is 36.2 Å². The third kappa shape index (κ3) is 5.61. The summed E-state index contributed by atoms with van der Waals surface area (Å²) in [7, 11) is 3.37. The predicted octanol–water partition coefficient (Wildman–Crippen LogP) is 3.98. The molecule has 0 atom stereocenters. The van der Waals surface area contributed by atoms with E-state index in [1.807, 2.05) is 39.1 Å². The fraction of sp³-hybridized carbons (Fsp3) is 0.429. The van der Waals surface area contributed by atoms with Gasteiger partial charge in [-0.2, -0.15) is 5.10 Å². The molecular formula is C21H29N3O3. The molecular weight excluding hydrogens is 342 g/mol. The SMILES string of the molecule is C/C=C/COc1cc(C)c(CCOc2cc(C(C)=NOC)nn2C)c(C)c1. The van der Waals surface area contributed by atoms with Gasteiger partial charge in [-0.3, -0.25) is 0 Å². The Morgan fingerprint density at radius 3 is 2.52 bits per heavy atom. The van der Waals surface area contributed by atoms with Crippen molar-refractivity contribution < 1.29 is 14.3 Å². The number of rotatable bonds is 9. The van der Waals surface area contributed by atoms with Gasteiger partial charge < -0.3 is 14.3 Å². The maximum absolute atomic E-state index is 5.93. The molecule has 1 heterocycles. The molecule has 6 heteroatoms. The number of hydrogen-bond acceptors (Lipinski definition) is 5. The first kappa shape index (κ1) is 20.6. The third-order valence-corrected chi connectivity index (χ3v) is 4.29. The van der Waals surface area contributed by atoms with E-state index in [1.165, 1.54) is 23.8 Å². The number of ether oxygens (including phenoxy) is 2. The van der Waals surface area contributed by atoms with Crippen molar-refractivity contribution in [2.45, 2.75) is 34.1 Å². The highest BCUT2D eigenvalue weighted by Crippen LogP contribution is 2.23. The van der Waals surface area contributed by atoms with Gasteiger partial charge in [0.25, 0.3) is 0 Å². The molecule has 0 aliphatic heterocycles. The number of nitrogens with zero attached hydrogens (tertiary/aromatic N) is 3. The Bertz CT molecular complexity index is 799. The molecule has 0 bridgehead atoms. The standard InChI is InChI=1S/C21H29N3O3/c1-7-8-10-26-18-12-15(2)19(16(3)13-18)9-11-27-21-14-20(22-24(21)5)17(4)23-25-6/h7-8,12-14H,9-11H2,1-6H3/b8-7+,23-17?. The van der Waals surface area contributed by atoms with Gasteiger partial charge in [0.05, 0.1) is 6.61 Å². The molecule has 27 heavy (non-hydrogen) atoms. The summed E-state index contributed by atoms with van der Waals surface area (Å²) >= 11 is 0. The van der Waals surface area contributed by atoms with Gasteiger partial charge in [-0.15, -0.1) is 0 Å². The molecule has 146 valence electrons. The molecule has 0 saturated heterocycles. The van der Waals surface area contributed by atoms with Crippen LogP contribution in [0.2, 0.25) is 0 Å². The molecule has 0 N–H and O–H groups in total. The van der Waals surface area contributed by atoms with E-state index < -0.39 is 0 Å². The number of benzene rings is 1. The molecule has 2 rings (SSSR count). The van der Waals surface area contributed by atoms with Crippen LogP contribution in [-0.4, -0.2) is 35.8 Å². The van der Waals surface area contributed by atoms with Gasteiger partial charge >= 0.3 is 0 Å². The Balaban J connectivity index is 2.00. The van der Waals surface area contributed by atoms with Crippen LogP contribution < -0.4 is 9.47 Å². The number of allylic oxidation sites excluding steroid dienone is 1. The summed E-state index contributed by atoms with van der Waals surface area (Å²) in [5.41, 5.74) is 5.16. The summed E-state index contributed by atoms with van der Waals surface area (Å²) in [6.07, 6.45) is 4.80. The van der Waals surface area contributed by atoms with E-state index in [0.717, 1.165) is 17.9 Å². The third-order valence-electron chi connectivity index (χ3n) is 4.29. The first-order valence-electron chi connectivity index (χ1n) is 9.05. The first-order chi connectivity index (χ1) is 13.0. The quantitative estimate of drug-likeness (QED) is 0.380. The molecule has 0 saturated carbocycles. The number of aromatic nitrogens is 2. The molecule has 1 aromatic heterocycles. The first-order valence-corrected chi connectivity index (χ1v) is 9.05. The molecule has 2 aromatic rings. The van der Waals surface area contributed by atoms with Crippen molar-refractivity contribution in [3.05, 3.63) is 52.7 Å². The van der Waals surface area contributed by atoms with Crippen LogP contribution in [0.25, 0.3) is 0 Å². The molecule has 1 aromatic carbocycles. The summed E-state index contributed by atoms with van der Waals surface area (Å²) in [4.78, 5) is 4.80. The predicted molar refractivity (Wildman–Crippen MR) is 108 cm³/mol. The monoisotopic (exact) mass is 371 g/mol. The maximum atomic E-state index is 5.93. The molecule has 0 fully saturated rings. The lowest BCUT2D eigenvalue weighted by Gasteiger charge is -2.13. The normalized spacial score (nSPS) is 11.9. The van der Waals surface area contributed by atoms with Gasteiger partial charge in [-0.25, -0.2) is 4.68 Å². The average molecular weight is 371 g/mol. The van der Waals surface area contributed by atoms with Crippen molar-refractivity contribution >= 4 is 5.71 Å². The lowest BCUT2D eigenvalue weighted by molar-refractivity contribution is 0.213. The molecule has 0 aliphatic carbocycles. The van der Waals surface area contributed by atoms with Gasteiger partial charge in [0.2, 0.25) is 5.88 Å². The largest absolute Gasteiger partial charge is 0.490 e. The minimum absolute atomic E-state index is 0.569. The summed E-state index contributed by atoms with van der Waals surface area (Å²) < 4.78 is 13.4. The van der Waals surface area contributed by atoms with E-state index in [9.17, 15) is 0 Å². The van der Waals surface area contributed by atoms with Crippen molar-refractivity contribution in [2.75, 3.05) is 20.3 Å². The van der Waals surface area contributed by atoms with Crippen molar-refractivity contribution in [2.24, 2.45) is 12.2 Å². The van der Waals surface area contributed by atoms with Crippen LogP contribution in [0.4, 0.5) is 0 Å². The van der Waals surface area contributed by atoms with Crippen LogP contribution in [0.15, 0.2) is 35.5 Å². The Labute approximate surface area is 161 Å². The van der Waals surface area contributed by atoms with Gasteiger partial charge in [-0.05, 0) is 56.5 Å². The smallest absolute Gasteiger partial charge is 0.212 e. The van der Waals surface area contributed by atoms with Crippen molar-refractivity contribution in [3.8, 4) is 11.6 Å². The van der Waals surface area contributed by atoms with Gasteiger partial charge in [0.15, 0.2) is 0 Å².